The Morgan fingerprint density at radius 2 is 2.05 bits per heavy atom. The maximum Gasteiger partial charge on any atom is 0.257 e. The first kappa shape index (κ1) is 13.4. The highest BCUT2D eigenvalue weighted by Gasteiger charge is 2.11. The lowest BCUT2D eigenvalue weighted by Gasteiger charge is -2.01. The molecule has 0 atom stereocenters. The third-order valence-corrected chi connectivity index (χ3v) is 3.56. The number of aromatic nitrogens is 2. The molecule has 1 amide bonds. The zero-order valence-corrected chi connectivity index (χ0v) is 11.6. The molecule has 7 heteroatoms. The molecule has 0 bridgehead atoms. The van der Waals surface area contributed by atoms with Crippen molar-refractivity contribution in [2.75, 3.05) is 0 Å². The highest BCUT2D eigenvalue weighted by molar-refractivity contribution is 7.13. The highest BCUT2D eigenvalue weighted by Crippen LogP contribution is 2.22. The predicted octanol–water partition coefficient (Wildman–Crippen LogP) is 2.87. The number of nitrogens with one attached hydrogen (secondary N) is 1. The summed E-state index contributed by atoms with van der Waals surface area (Å²) in [5.41, 5.74) is 0.370. The van der Waals surface area contributed by atoms with Crippen LogP contribution in [0.3, 0.4) is 0 Å². The van der Waals surface area contributed by atoms with Gasteiger partial charge in [-0.1, -0.05) is 6.07 Å². The van der Waals surface area contributed by atoms with Gasteiger partial charge in [-0.2, -0.15) is 0 Å². The lowest BCUT2D eigenvalue weighted by molar-refractivity contribution is 0.0947. The molecule has 0 aliphatic carbocycles. The van der Waals surface area contributed by atoms with E-state index < -0.39 is 0 Å². The number of carbonyl (C=O) groups excluding carboxylic acids is 1. The smallest absolute Gasteiger partial charge is 0.257 e. The number of hydrogen-bond donors (Lipinski definition) is 1. The molecule has 0 saturated carbocycles. The van der Waals surface area contributed by atoms with Crippen molar-refractivity contribution in [1.82, 2.24) is 15.5 Å². The van der Waals surface area contributed by atoms with Crippen LogP contribution in [-0.2, 0) is 6.54 Å². The summed E-state index contributed by atoms with van der Waals surface area (Å²) >= 11 is 1.49. The summed E-state index contributed by atoms with van der Waals surface area (Å²) in [5, 5.41) is 12.3. The molecule has 0 radical (unpaired) electrons. The van der Waals surface area contributed by atoms with E-state index >= 15 is 0 Å². The second-order valence-electron chi connectivity index (χ2n) is 4.17. The number of thiophene rings is 1. The molecule has 5 nitrogen and oxygen atoms in total. The van der Waals surface area contributed by atoms with Crippen molar-refractivity contribution in [2.24, 2.45) is 0 Å². The van der Waals surface area contributed by atoms with E-state index in [1.807, 2.05) is 17.5 Å². The number of carbonyl (C=O) groups is 1. The average Bonchev–Trinajstić information content (AvgIpc) is 3.16. The monoisotopic (exact) mass is 303 g/mol. The van der Waals surface area contributed by atoms with Gasteiger partial charge in [-0.15, -0.1) is 21.5 Å². The molecule has 2 heterocycles. The number of halogens is 1. The van der Waals surface area contributed by atoms with Gasteiger partial charge in [0.25, 0.3) is 11.8 Å². The van der Waals surface area contributed by atoms with Gasteiger partial charge < -0.3 is 9.73 Å². The maximum absolute atomic E-state index is 12.8. The Morgan fingerprint density at radius 3 is 2.76 bits per heavy atom. The van der Waals surface area contributed by atoms with Crippen LogP contribution in [0, 0.1) is 5.82 Å². The van der Waals surface area contributed by atoms with Crippen LogP contribution in [0.4, 0.5) is 4.39 Å². The van der Waals surface area contributed by atoms with Crippen molar-refractivity contribution in [3.8, 4) is 10.8 Å². The van der Waals surface area contributed by atoms with Crippen LogP contribution >= 0.6 is 11.3 Å². The summed E-state index contributed by atoms with van der Waals surface area (Å²) in [6, 6.07) is 9.05. The van der Waals surface area contributed by atoms with Crippen LogP contribution in [0.2, 0.25) is 0 Å². The zero-order chi connectivity index (χ0) is 14.7. The molecular weight excluding hydrogens is 293 g/mol. The van der Waals surface area contributed by atoms with Crippen molar-refractivity contribution >= 4 is 17.2 Å². The highest BCUT2D eigenvalue weighted by atomic mass is 32.1. The SMILES string of the molecule is O=C(NCc1nnc(-c2cccs2)o1)c1ccc(F)cc1. The lowest BCUT2D eigenvalue weighted by Crippen LogP contribution is -2.22. The van der Waals surface area contributed by atoms with Crippen LogP contribution in [0.25, 0.3) is 10.8 Å². The summed E-state index contributed by atoms with van der Waals surface area (Å²) in [6.07, 6.45) is 0. The summed E-state index contributed by atoms with van der Waals surface area (Å²) < 4.78 is 18.2. The lowest BCUT2D eigenvalue weighted by atomic mass is 10.2. The number of benzene rings is 1. The molecular formula is C14H10FN3O2S. The maximum atomic E-state index is 12.8. The van der Waals surface area contributed by atoms with Gasteiger partial charge in [0.2, 0.25) is 5.89 Å². The Labute approximate surface area is 123 Å². The number of hydrogen-bond acceptors (Lipinski definition) is 5. The first-order chi connectivity index (χ1) is 10.2. The summed E-state index contributed by atoms with van der Waals surface area (Å²) in [7, 11) is 0. The molecule has 0 aliphatic heterocycles. The van der Waals surface area contributed by atoms with E-state index in [-0.39, 0.29) is 18.3 Å². The van der Waals surface area contributed by atoms with Crippen molar-refractivity contribution in [2.45, 2.75) is 6.54 Å². The van der Waals surface area contributed by atoms with Crippen molar-refractivity contribution < 1.29 is 13.6 Å². The molecule has 106 valence electrons. The quantitative estimate of drug-likeness (QED) is 0.804. The zero-order valence-electron chi connectivity index (χ0n) is 10.7. The molecule has 1 aromatic carbocycles. The molecule has 0 unspecified atom stereocenters. The molecule has 2 aromatic heterocycles. The van der Waals surface area contributed by atoms with Crippen molar-refractivity contribution in [3.63, 3.8) is 0 Å². The van der Waals surface area contributed by atoms with E-state index in [2.05, 4.69) is 15.5 Å². The number of amides is 1. The van der Waals surface area contributed by atoms with Crippen LogP contribution in [0.1, 0.15) is 16.2 Å². The van der Waals surface area contributed by atoms with Crippen LogP contribution in [0.5, 0.6) is 0 Å². The van der Waals surface area contributed by atoms with Gasteiger partial charge in [0, 0.05) is 5.56 Å². The Kier molecular flexibility index (Phi) is 3.74. The standard InChI is InChI=1S/C14H10FN3O2S/c15-10-5-3-9(4-6-10)13(19)16-8-12-17-18-14(20-12)11-2-1-7-21-11/h1-7H,8H2,(H,16,19). The second kappa shape index (κ2) is 5.84. The molecule has 21 heavy (non-hydrogen) atoms. The Balaban J connectivity index is 1.62. The first-order valence-corrected chi connectivity index (χ1v) is 7.00. The van der Waals surface area contributed by atoms with Gasteiger partial charge in [-0.3, -0.25) is 4.79 Å². The minimum Gasteiger partial charge on any atom is -0.418 e. The molecule has 3 rings (SSSR count). The minimum atomic E-state index is -0.385. The Hall–Kier alpha value is -2.54. The Bertz CT molecular complexity index is 738. The van der Waals surface area contributed by atoms with Gasteiger partial charge >= 0.3 is 0 Å². The fourth-order valence-corrected chi connectivity index (χ4v) is 2.33. The van der Waals surface area contributed by atoms with Crippen LogP contribution in [0.15, 0.2) is 46.2 Å². The minimum absolute atomic E-state index is 0.120. The van der Waals surface area contributed by atoms with E-state index in [1.165, 1.54) is 35.6 Å². The van der Waals surface area contributed by atoms with Crippen molar-refractivity contribution in [3.05, 3.63) is 59.0 Å². The van der Waals surface area contributed by atoms with Gasteiger partial charge in [-0.25, -0.2) is 4.39 Å². The van der Waals surface area contributed by atoms with E-state index in [9.17, 15) is 9.18 Å². The van der Waals surface area contributed by atoms with E-state index in [0.717, 1.165) is 4.88 Å². The topological polar surface area (TPSA) is 68.0 Å². The third-order valence-electron chi connectivity index (χ3n) is 2.71. The molecule has 0 spiro atoms. The Morgan fingerprint density at radius 1 is 1.24 bits per heavy atom. The predicted molar refractivity (Wildman–Crippen MR) is 75.2 cm³/mol. The molecule has 0 fully saturated rings. The van der Waals surface area contributed by atoms with Crippen molar-refractivity contribution in [1.29, 1.82) is 0 Å². The fourth-order valence-electron chi connectivity index (χ4n) is 1.68. The van der Waals surface area contributed by atoms with Crippen LogP contribution < -0.4 is 5.32 Å². The van der Waals surface area contributed by atoms with Gasteiger partial charge in [0.05, 0.1) is 11.4 Å². The molecule has 0 aliphatic rings. The largest absolute Gasteiger partial charge is 0.418 e. The summed E-state index contributed by atoms with van der Waals surface area (Å²) in [4.78, 5) is 12.7. The van der Waals surface area contributed by atoms with Gasteiger partial charge in [-0.05, 0) is 35.7 Å². The third kappa shape index (κ3) is 3.14. The van der Waals surface area contributed by atoms with Gasteiger partial charge in [0.15, 0.2) is 0 Å². The van der Waals surface area contributed by atoms with Crippen LogP contribution in [-0.4, -0.2) is 16.1 Å². The molecule has 1 N–H and O–H groups in total. The molecule has 3 aromatic rings. The van der Waals surface area contributed by atoms with E-state index in [0.29, 0.717) is 17.3 Å². The fraction of sp³-hybridized carbons (Fsp3) is 0.0714. The number of rotatable bonds is 4. The normalized spacial score (nSPS) is 10.5. The van der Waals surface area contributed by atoms with E-state index in [1.54, 1.807) is 0 Å². The molecule has 0 saturated heterocycles. The second-order valence-corrected chi connectivity index (χ2v) is 5.12. The summed E-state index contributed by atoms with van der Waals surface area (Å²) in [6.45, 7) is 0.120. The number of nitrogens with zero attached hydrogens (tertiary/aromatic N) is 2. The average molecular weight is 303 g/mol. The summed E-state index contributed by atoms with van der Waals surface area (Å²) in [5.74, 6) is 0.0276. The first-order valence-electron chi connectivity index (χ1n) is 6.12. The van der Waals surface area contributed by atoms with Gasteiger partial charge in [0.1, 0.15) is 5.82 Å². The van der Waals surface area contributed by atoms with E-state index in [4.69, 9.17) is 4.42 Å².